The third-order valence-electron chi connectivity index (χ3n) is 2.91. The van der Waals surface area contributed by atoms with E-state index in [4.69, 9.17) is 4.74 Å². The Hall–Kier alpha value is -0.430. The molecule has 2 rings (SSSR count). The number of aryl methyl sites for hydroxylation is 1. The normalized spacial score (nSPS) is 22.1. The van der Waals surface area contributed by atoms with Gasteiger partial charge in [0.05, 0.1) is 17.6 Å². The summed E-state index contributed by atoms with van der Waals surface area (Å²) in [6, 6.07) is 5.27. The summed E-state index contributed by atoms with van der Waals surface area (Å²) in [6.07, 6.45) is -0.0576. The van der Waals surface area contributed by atoms with Crippen molar-refractivity contribution in [3.63, 3.8) is 0 Å². The van der Waals surface area contributed by atoms with Crippen molar-refractivity contribution in [3.8, 4) is 0 Å². The van der Waals surface area contributed by atoms with Crippen LogP contribution in [0.15, 0.2) is 27.6 Å². The molecule has 0 saturated carbocycles. The Labute approximate surface area is 116 Å². The highest BCUT2D eigenvalue weighted by molar-refractivity contribution is 9.10. The van der Waals surface area contributed by atoms with Crippen LogP contribution >= 0.6 is 15.9 Å². The number of benzene rings is 1. The number of rotatable bonds is 2. The maximum atomic E-state index is 12.5. The van der Waals surface area contributed by atoms with Crippen LogP contribution in [0.3, 0.4) is 0 Å². The molecule has 0 amide bonds. The van der Waals surface area contributed by atoms with Gasteiger partial charge in [-0.25, -0.2) is 8.42 Å². The molecule has 0 aromatic heterocycles. The molecule has 1 fully saturated rings. The first kappa shape index (κ1) is 14.0. The van der Waals surface area contributed by atoms with Gasteiger partial charge in [0.25, 0.3) is 0 Å². The van der Waals surface area contributed by atoms with E-state index in [-0.39, 0.29) is 6.10 Å². The minimum Gasteiger partial charge on any atom is -0.376 e. The van der Waals surface area contributed by atoms with E-state index >= 15 is 0 Å². The molecular formula is C12H16BrNO3S. The smallest absolute Gasteiger partial charge is 0.244 e. The van der Waals surface area contributed by atoms with Gasteiger partial charge in [0.2, 0.25) is 10.0 Å². The summed E-state index contributed by atoms with van der Waals surface area (Å²) in [7, 11) is -3.44. The topological polar surface area (TPSA) is 46.6 Å². The lowest BCUT2D eigenvalue weighted by Gasteiger charge is -2.30. The van der Waals surface area contributed by atoms with Crippen LogP contribution < -0.4 is 0 Å². The number of hydrogen-bond donors (Lipinski definition) is 0. The summed E-state index contributed by atoms with van der Waals surface area (Å²) in [6.45, 7) is 5.07. The standard InChI is InChI=1S/C12H16BrNO3S/c1-9-3-4-12(11(13)7-9)18(15,16)14-5-6-17-10(2)8-14/h3-4,7,10H,5-6,8H2,1-2H3. The average molecular weight is 334 g/mol. The second-order valence-corrected chi connectivity index (χ2v) is 7.24. The Morgan fingerprint density at radius 2 is 2.17 bits per heavy atom. The van der Waals surface area contributed by atoms with Crippen molar-refractivity contribution in [2.75, 3.05) is 19.7 Å². The van der Waals surface area contributed by atoms with E-state index < -0.39 is 10.0 Å². The minimum atomic E-state index is -3.44. The van der Waals surface area contributed by atoms with Crippen molar-refractivity contribution >= 4 is 26.0 Å². The monoisotopic (exact) mass is 333 g/mol. The van der Waals surface area contributed by atoms with Crippen LogP contribution in [0, 0.1) is 6.92 Å². The fourth-order valence-electron chi connectivity index (χ4n) is 1.96. The maximum absolute atomic E-state index is 12.5. The van der Waals surface area contributed by atoms with Gasteiger partial charge in [-0.05, 0) is 47.5 Å². The van der Waals surface area contributed by atoms with Crippen LogP contribution in [-0.4, -0.2) is 38.5 Å². The van der Waals surface area contributed by atoms with Gasteiger partial charge in [-0.15, -0.1) is 0 Å². The zero-order valence-corrected chi connectivity index (χ0v) is 12.8. The predicted molar refractivity (Wildman–Crippen MR) is 73.1 cm³/mol. The number of halogens is 1. The van der Waals surface area contributed by atoms with Crippen LogP contribution in [0.25, 0.3) is 0 Å². The highest BCUT2D eigenvalue weighted by atomic mass is 79.9. The Kier molecular flexibility index (Phi) is 4.11. The largest absolute Gasteiger partial charge is 0.376 e. The fraction of sp³-hybridized carbons (Fsp3) is 0.500. The lowest BCUT2D eigenvalue weighted by molar-refractivity contribution is 0.0102. The molecule has 0 N–H and O–H groups in total. The molecule has 100 valence electrons. The zero-order chi connectivity index (χ0) is 13.3. The summed E-state index contributed by atoms with van der Waals surface area (Å²) in [5.41, 5.74) is 1.02. The zero-order valence-electron chi connectivity index (χ0n) is 10.4. The number of sulfonamides is 1. The third-order valence-corrected chi connectivity index (χ3v) is 5.75. The van der Waals surface area contributed by atoms with Gasteiger partial charge < -0.3 is 4.74 Å². The Morgan fingerprint density at radius 1 is 1.44 bits per heavy atom. The van der Waals surface area contributed by atoms with Crippen molar-refractivity contribution in [2.24, 2.45) is 0 Å². The molecule has 1 aromatic rings. The first-order valence-electron chi connectivity index (χ1n) is 5.79. The molecule has 1 saturated heterocycles. The molecule has 1 aromatic carbocycles. The molecule has 1 aliphatic heterocycles. The molecule has 0 spiro atoms. The van der Waals surface area contributed by atoms with Gasteiger partial charge in [-0.2, -0.15) is 4.31 Å². The molecule has 0 bridgehead atoms. The lowest BCUT2D eigenvalue weighted by Crippen LogP contribution is -2.44. The summed E-state index contributed by atoms with van der Waals surface area (Å²) < 4.78 is 32.5. The van der Waals surface area contributed by atoms with Gasteiger partial charge in [-0.3, -0.25) is 0 Å². The molecular weight excluding hydrogens is 318 g/mol. The molecule has 0 aliphatic carbocycles. The first-order valence-corrected chi connectivity index (χ1v) is 8.02. The van der Waals surface area contributed by atoms with Crippen molar-refractivity contribution in [3.05, 3.63) is 28.2 Å². The summed E-state index contributed by atoms with van der Waals surface area (Å²) >= 11 is 3.33. The minimum absolute atomic E-state index is 0.0576. The van der Waals surface area contributed by atoms with E-state index in [1.54, 1.807) is 6.07 Å². The van der Waals surface area contributed by atoms with Gasteiger partial charge in [-0.1, -0.05) is 6.07 Å². The Bertz CT molecular complexity index is 544. The van der Waals surface area contributed by atoms with Crippen LogP contribution in [-0.2, 0) is 14.8 Å². The highest BCUT2D eigenvalue weighted by Gasteiger charge is 2.30. The van der Waals surface area contributed by atoms with Gasteiger partial charge in [0.15, 0.2) is 0 Å². The Balaban J connectivity index is 2.35. The van der Waals surface area contributed by atoms with Crippen molar-refractivity contribution in [2.45, 2.75) is 24.8 Å². The van der Waals surface area contributed by atoms with Gasteiger partial charge in [0, 0.05) is 17.6 Å². The van der Waals surface area contributed by atoms with Crippen molar-refractivity contribution in [1.29, 1.82) is 0 Å². The van der Waals surface area contributed by atoms with Gasteiger partial charge >= 0.3 is 0 Å². The van der Waals surface area contributed by atoms with Crippen LogP contribution in [0.4, 0.5) is 0 Å². The van der Waals surface area contributed by atoms with E-state index in [0.717, 1.165) is 5.56 Å². The molecule has 18 heavy (non-hydrogen) atoms. The molecule has 1 unspecified atom stereocenters. The highest BCUT2D eigenvalue weighted by Crippen LogP contribution is 2.27. The maximum Gasteiger partial charge on any atom is 0.244 e. The molecule has 1 aliphatic rings. The molecule has 6 heteroatoms. The summed E-state index contributed by atoms with van der Waals surface area (Å²) in [5.74, 6) is 0. The van der Waals surface area contributed by atoms with E-state index in [0.29, 0.717) is 29.1 Å². The number of ether oxygens (including phenoxy) is 1. The van der Waals surface area contributed by atoms with Crippen LogP contribution in [0.1, 0.15) is 12.5 Å². The molecule has 1 atom stereocenters. The van der Waals surface area contributed by atoms with E-state index in [9.17, 15) is 8.42 Å². The number of hydrogen-bond acceptors (Lipinski definition) is 3. The van der Waals surface area contributed by atoms with Crippen molar-refractivity contribution < 1.29 is 13.2 Å². The number of morpholine rings is 1. The predicted octanol–water partition coefficient (Wildman–Crippen LogP) is 2.17. The van der Waals surface area contributed by atoms with E-state index in [2.05, 4.69) is 15.9 Å². The number of nitrogens with zero attached hydrogens (tertiary/aromatic N) is 1. The molecule has 4 nitrogen and oxygen atoms in total. The van der Waals surface area contributed by atoms with E-state index in [1.807, 2.05) is 26.0 Å². The van der Waals surface area contributed by atoms with Crippen LogP contribution in [0.5, 0.6) is 0 Å². The molecule has 1 heterocycles. The fourth-order valence-corrected chi connectivity index (χ4v) is 4.61. The van der Waals surface area contributed by atoms with E-state index in [1.165, 1.54) is 4.31 Å². The van der Waals surface area contributed by atoms with Crippen LogP contribution in [0.2, 0.25) is 0 Å². The quantitative estimate of drug-likeness (QED) is 0.833. The second kappa shape index (κ2) is 5.28. The lowest BCUT2D eigenvalue weighted by atomic mass is 10.2. The Morgan fingerprint density at radius 3 is 2.78 bits per heavy atom. The van der Waals surface area contributed by atoms with Crippen molar-refractivity contribution in [1.82, 2.24) is 4.31 Å². The first-order chi connectivity index (χ1) is 8.41. The second-order valence-electron chi connectivity index (χ2n) is 4.48. The third kappa shape index (κ3) is 2.77. The SMILES string of the molecule is Cc1ccc(S(=O)(=O)N2CCOC(C)C2)c(Br)c1. The summed E-state index contributed by atoms with van der Waals surface area (Å²) in [5, 5.41) is 0. The summed E-state index contributed by atoms with van der Waals surface area (Å²) in [4.78, 5) is 0.321. The average Bonchev–Trinajstić information content (AvgIpc) is 2.28. The van der Waals surface area contributed by atoms with Gasteiger partial charge in [0.1, 0.15) is 0 Å². The molecule has 0 radical (unpaired) electrons.